The minimum absolute atomic E-state index is 0. The molecule has 53 heavy (non-hydrogen) atoms. The molecule has 0 unspecified atom stereocenters. The van der Waals surface area contributed by atoms with Crippen molar-refractivity contribution in [1.29, 1.82) is 0 Å². The van der Waals surface area contributed by atoms with E-state index >= 15 is 0 Å². The van der Waals surface area contributed by atoms with Gasteiger partial charge in [0.2, 0.25) is 5.71 Å². The molecule has 0 aliphatic heterocycles. The van der Waals surface area contributed by atoms with Crippen molar-refractivity contribution in [2.75, 3.05) is 0 Å². The number of aryl methyl sites for hydroxylation is 2. The Morgan fingerprint density at radius 1 is 0.868 bits per heavy atom. The zero-order chi connectivity index (χ0) is 36.6. The summed E-state index contributed by atoms with van der Waals surface area (Å²) in [6.07, 6.45) is 3.16. The Morgan fingerprint density at radius 2 is 1.66 bits per heavy atom. The third-order valence-corrected chi connectivity index (χ3v) is 11.2. The Hall–Kier alpha value is -5.19. The van der Waals surface area contributed by atoms with Crippen molar-refractivity contribution in [3.63, 3.8) is 0 Å². The second-order valence-corrected chi connectivity index (χ2v) is 19.7. The van der Waals surface area contributed by atoms with Crippen LogP contribution in [0.2, 0.25) is 19.6 Å². The number of imidazole rings is 1. The first-order chi connectivity index (χ1) is 25.0. The molecule has 0 N–H and O–H groups in total. The third-order valence-electron chi connectivity index (χ3n) is 9.18. The van der Waals surface area contributed by atoms with E-state index in [9.17, 15) is 0 Å². The second kappa shape index (κ2) is 15.4. The van der Waals surface area contributed by atoms with Gasteiger partial charge in [0.25, 0.3) is 0 Å². The van der Waals surface area contributed by atoms with Gasteiger partial charge in [-0.15, -0.1) is 54.1 Å². The Morgan fingerprint density at radius 3 is 2.38 bits per heavy atom. The standard InChI is InChI=1S/C24H27N2OSi.C21H14N3.Ir/c1-15(2)12-17-13-21(25-14-22(17)28(4,5)6)20-9-7-8-18-19-11-10-16(3)26-24(19)27-23(18)20;1-15-14-17(22-2)12-13-19(15)24-20-11-7-6-10-18(20)23-21(24)16-8-4-3-5-9-16;/h7-8,10-11,13-15H,12H2,1-6H3;3-8,10-14H,1H3;/q2*-1;. The van der Waals surface area contributed by atoms with Crippen LogP contribution in [0.1, 0.15) is 30.7 Å². The Labute approximate surface area is 326 Å². The van der Waals surface area contributed by atoms with Gasteiger partial charge in [0.15, 0.2) is 5.69 Å². The van der Waals surface area contributed by atoms with Gasteiger partial charge in [-0.3, -0.25) is 4.98 Å². The molecule has 8 heteroatoms. The summed E-state index contributed by atoms with van der Waals surface area (Å²) in [5.74, 6) is 1.46. The van der Waals surface area contributed by atoms with Crippen molar-refractivity contribution in [3.05, 3.63) is 144 Å². The number of furan rings is 1. The summed E-state index contributed by atoms with van der Waals surface area (Å²) in [5, 5.41) is 3.55. The van der Waals surface area contributed by atoms with Crippen molar-refractivity contribution < 1.29 is 24.5 Å². The van der Waals surface area contributed by atoms with Crippen molar-refractivity contribution in [1.82, 2.24) is 19.5 Å². The van der Waals surface area contributed by atoms with E-state index in [2.05, 4.69) is 84.4 Å². The van der Waals surface area contributed by atoms with Crippen LogP contribution in [-0.2, 0) is 26.5 Å². The average molecular weight is 888 g/mol. The first kappa shape index (κ1) is 37.6. The average Bonchev–Trinajstić information content (AvgIpc) is 3.70. The molecule has 8 rings (SSSR count). The maximum Gasteiger partial charge on any atom is 0.216 e. The van der Waals surface area contributed by atoms with E-state index in [1.807, 2.05) is 92.7 Å². The van der Waals surface area contributed by atoms with Crippen molar-refractivity contribution >= 4 is 52.1 Å². The molecule has 0 amide bonds. The molecule has 4 heterocycles. The maximum atomic E-state index is 7.19. The van der Waals surface area contributed by atoms with E-state index in [1.165, 1.54) is 10.8 Å². The fraction of sp³-hybridized carbons (Fsp3) is 0.200. The summed E-state index contributed by atoms with van der Waals surface area (Å²) in [7, 11) is -1.46. The minimum atomic E-state index is -1.46. The van der Waals surface area contributed by atoms with Crippen molar-refractivity contribution in [2.24, 2.45) is 5.92 Å². The van der Waals surface area contributed by atoms with Crippen molar-refractivity contribution in [2.45, 2.75) is 53.8 Å². The van der Waals surface area contributed by atoms with Crippen LogP contribution < -0.4 is 5.19 Å². The molecule has 0 aliphatic rings. The molecule has 4 aromatic heterocycles. The molecule has 0 aliphatic carbocycles. The van der Waals surface area contributed by atoms with Crippen LogP contribution in [0.25, 0.3) is 66.3 Å². The van der Waals surface area contributed by atoms with Gasteiger partial charge in [0.1, 0.15) is 0 Å². The molecular formula is C45H41IrN5OSi-2. The number of aromatic nitrogens is 4. The van der Waals surface area contributed by atoms with Crippen LogP contribution >= 0.6 is 0 Å². The van der Waals surface area contributed by atoms with Crippen LogP contribution in [0.5, 0.6) is 0 Å². The number of pyridine rings is 2. The van der Waals surface area contributed by atoms with Gasteiger partial charge < -0.3 is 14.0 Å². The van der Waals surface area contributed by atoms with E-state index in [0.717, 1.165) is 73.4 Å². The van der Waals surface area contributed by atoms with Crippen LogP contribution in [0.15, 0.2) is 108 Å². The quantitative estimate of drug-likeness (QED) is 0.123. The smallest absolute Gasteiger partial charge is 0.216 e. The summed E-state index contributed by atoms with van der Waals surface area (Å²) >= 11 is 0. The number of para-hydroxylation sites is 2. The monoisotopic (exact) mass is 888 g/mol. The van der Waals surface area contributed by atoms with Gasteiger partial charge in [0.05, 0.1) is 37.1 Å². The third kappa shape index (κ3) is 7.65. The predicted molar refractivity (Wildman–Crippen MR) is 216 cm³/mol. The number of hydrogen-bond donors (Lipinski definition) is 0. The van der Waals surface area contributed by atoms with Crippen LogP contribution in [0, 0.1) is 38.5 Å². The van der Waals surface area contributed by atoms with Gasteiger partial charge in [-0.25, -0.2) is 9.83 Å². The summed E-state index contributed by atoms with van der Waals surface area (Å²) in [5.41, 5.74) is 11.4. The SMILES string of the molecule is Cc1ccc2c(n1)oc1c(-c3cc(CC(C)C)c([Si](C)(C)C)cn3)[c-]ccc12.[C-]#[N+]c1ccc(-n2c(-c3[c-]cccc3)nc3ccccc32)c(C)c1.[Ir]. The molecule has 8 aromatic rings. The molecule has 0 saturated heterocycles. The molecule has 6 nitrogen and oxygen atoms in total. The molecule has 267 valence electrons. The molecule has 0 fully saturated rings. The molecule has 0 saturated carbocycles. The zero-order valence-electron chi connectivity index (χ0n) is 31.1. The van der Waals surface area contributed by atoms with Gasteiger partial charge in [-0.2, -0.15) is 0 Å². The number of hydrogen-bond acceptors (Lipinski definition) is 4. The van der Waals surface area contributed by atoms with Gasteiger partial charge in [-0.1, -0.05) is 80.3 Å². The Balaban J connectivity index is 0.000000180. The van der Waals surface area contributed by atoms with Crippen LogP contribution in [-0.4, -0.2) is 27.6 Å². The van der Waals surface area contributed by atoms with Crippen molar-refractivity contribution in [3.8, 4) is 28.3 Å². The van der Waals surface area contributed by atoms with Crippen LogP contribution in [0.4, 0.5) is 5.69 Å². The summed E-state index contributed by atoms with van der Waals surface area (Å²) in [6, 6.07) is 38.7. The molecule has 1 radical (unpaired) electrons. The normalized spacial score (nSPS) is 11.4. The van der Waals surface area contributed by atoms with Gasteiger partial charge >= 0.3 is 0 Å². The maximum absolute atomic E-state index is 7.19. The second-order valence-electron chi connectivity index (χ2n) is 14.7. The number of benzene rings is 4. The topological polar surface area (TPSA) is 61.1 Å². The molecule has 4 aromatic carbocycles. The van der Waals surface area contributed by atoms with E-state index in [0.29, 0.717) is 17.3 Å². The summed E-state index contributed by atoms with van der Waals surface area (Å²) in [6.45, 7) is 22.9. The fourth-order valence-corrected chi connectivity index (χ4v) is 8.36. The molecular weight excluding hydrogens is 847 g/mol. The largest absolute Gasteiger partial charge is 0.486 e. The Kier molecular flexibility index (Phi) is 10.9. The first-order valence-corrected chi connectivity index (χ1v) is 21.1. The number of fused-ring (bicyclic) bond motifs is 4. The summed E-state index contributed by atoms with van der Waals surface area (Å²) < 4.78 is 8.31. The minimum Gasteiger partial charge on any atom is -0.486 e. The van der Waals surface area contributed by atoms with Gasteiger partial charge in [-0.05, 0) is 73.0 Å². The zero-order valence-corrected chi connectivity index (χ0v) is 34.5. The van der Waals surface area contributed by atoms with E-state index in [4.69, 9.17) is 21.0 Å². The fourth-order valence-electron chi connectivity index (χ4n) is 6.77. The molecule has 0 bridgehead atoms. The van der Waals surface area contributed by atoms with Gasteiger partial charge in [0, 0.05) is 43.1 Å². The van der Waals surface area contributed by atoms with E-state index in [-0.39, 0.29) is 20.1 Å². The number of rotatable bonds is 6. The Bertz CT molecular complexity index is 2610. The number of nitrogens with zero attached hydrogens (tertiary/aromatic N) is 5. The molecule has 0 spiro atoms. The van der Waals surface area contributed by atoms with Crippen LogP contribution in [0.3, 0.4) is 0 Å². The van der Waals surface area contributed by atoms with E-state index in [1.54, 1.807) is 0 Å². The molecule has 0 atom stereocenters. The first-order valence-electron chi connectivity index (χ1n) is 17.6. The predicted octanol–water partition coefficient (Wildman–Crippen LogP) is 11.2. The summed E-state index contributed by atoms with van der Waals surface area (Å²) in [4.78, 5) is 17.7. The van der Waals surface area contributed by atoms with E-state index < -0.39 is 8.07 Å².